The molecule has 3 nitrogen and oxygen atoms in total. The van der Waals surface area contributed by atoms with Gasteiger partial charge >= 0.3 is 0 Å². The molecule has 0 saturated heterocycles. The fourth-order valence-electron chi connectivity index (χ4n) is 2.07. The van der Waals surface area contributed by atoms with Gasteiger partial charge < -0.3 is 5.32 Å². The van der Waals surface area contributed by atoms with Crippen molar-refractivity contribution in [2.24, 2.45) is 4.99 Å². The van der Waals surface area contributed by atoms with Gasteiger partial charge in [0.1, 0.15) is 5.84 Å². The summed E-state index contributed by atoms with van der Waals surface area (Å²) in [5.74, 6) is 1.46. The molecule has 0 aliphatic heterocycles. The van der Waals surface area contributed by atoms with Gasteiger partial charge in [-0.15, -0.1) is 0 Å². The van der Waals surface area contributed by atoms with Crippen molar-refractivity contribution in [1.29, 1.82) is 0 Å². The lowest BCUT2D eigenvalue weighted by molar-refractivity contribution is 1.27. The molecule has 0 aliphatic carbocycles. The van der Waals surface area contributed by atoms with Gasteiger partial charge in [0.25, 0.3) is 0 Å². The van der Waals surface area contributed by atoms with E-state index in [0.717, 1.165) is 17.1 Å². The van der Waals surface area contributed by atoms with Crippen LogP contribution in [0.5, 0.6) is 0 Å². The highest BCUT2D eigenvalue weighted by atomic mass is 15.0. The van der Waals surface area contributed by atoms with Crippen molar-refractivity contribution in [2.75, 3.05) is 5.32 Å². The number of amidine groups is 1. The first-order chi connectivity index (χ1) is 10.8. The van der Waals surface area contributed by atoms with E-state index in [4.69, 9.17) is 0 Å². The number of benzene rings is 2. The van der Waals surface area contributed by atoms with Crippen LogP contribution in [0.25, 0.3) is 0 Å². The van der Waals surface area contributed by atoms with Crippen molar-refractivity contribution in [3.05, 3.63) is 90.1 Å². The first-order valence-electron chi connectivity index (χ1n) is 7.20. The summed E-state index contributed by atoms with van der Waals surface area (Å²) < 4.78 is 0. The number of hydrogen-bond acceptors (Lipinski definition) is 2. The molecule has 0 amide bonds. The van der Waals surface area contributed by atoms with Crippen LogP contribution in [0, 0.1) is 6.92 Å². The molecule has 0 radical (unpaired) electrons. The summed E-state index contributed by atoms with van der Waals surface area (Å²) in [5.41, 5.74) is 3.26. The van der Waals surface area contributed by atoms with Crippen molar-refractivity contribution in [1.82, 2.24) is 4.98 Å². The van der Waals surface area contributed by atoms with E-state index in [2.05, 4.69) is 34.3 Å². The van der Waals surface area contributed by atoms with Gasteiger partial charge in [-0.25, -0.2) is 9.98 Å². The van der Waals surface area contributed by atoms with Crippen LogP contribution in [0.2, 0.25) is 0 Å². The molecule has 0 aliphatic rings. The second-order valence-electron chi connectivity index (χ2n) is 5.01. The number of nitrogens with one attached hydrogen (secondary N) is 1. The molecule has 3 aromatic rings. The Morgan fingerprint density at radius 1 is 0.864 bits per heavy atom. The van der Waals surface area contributed by atoms with E-state index in [0.29, 0.717) is 5.82 Å². The van der Waals surface area contributed by atoms with Crippen LogP contribution in [0.15, 0.2) is 84.0 Å². The first-order valence-corrected chi connectivity index (χ1v) is 7.20. The van der Waals surface area contributed by atoms with E-state index in [1.165, 1.54) is 5.56 Å². The predicted octanol–water partition coefficient (Wildman–Crippen LogP) is 4.58. The smallest absolute Gasteiger partial charge is 0.154 e. The molecule has 0 fully saturated rings. The molecule has 1 N–H and O–H groups in total. The molecule has 0 bridgehead atoms. The number of aliphatic imine (C=N–C) groups is 1. The van der Waals surface area contributed by atoms with Crippen LogP contribution in [0.3, 0.4) is 0 Å². The second kappa shape index (κ2) is 6.68. The lowest BCUT2D eigenvalue weighted by atomic mass is 10.2. The summed E-state index contributed by atoms with van der Waals surface area (Å²) in [4.78, 5) is 8.91. The number of nitrogens with zero attached hydrogens (tertiary/aromatic N) is 2. The van der Waals surface area contributed by atoms with Gasteiger partial charge in [-0.2, -0.15) is 0 Å². The Bertz CT molecular complexity index is 748. The Hall–Kier alpha value is -2.94. The highest BCUT2D eigenvalue weighted by molar-refractivity contribution is 6.09. The second-order valence-corrected chi connectivity index (χ2v) is 5.01. The van der Waals surface area contributed by atoms with Crippen LogP contribution in [-0.4, -0.2) is 10.8 Å². The number of rotatable bonds is 3. The molecule has 1 heterocycles. The summed E-state index contributed by atoms with van der Waals surface area (Å²) in [6.07, 6.45) is 1.74. The summed E-state index contributed by atoms with van der Waals surface area (Å²) in [5, 5.41) is 3.38. The topological polar surface area (TPSA) is 37.3 Å². The van der Waals surface area contributed by atoms with E-state index < -0.39 is 0 Å². The molecular weight excluding hydrogens is 270 g/mol. The maximum atomic E-state index is 4.64. The number of anilines is 1. The number of hydrogen-bond donors (Lipinski definition) is 1. The van der Waals surface area contributed by atoms with E-state index >= 15 is 0 Å². The number of aryl methyl sites for hydroxylation is 1. The molecular formula is C19H17N3. The van der Waals surface area contributed by atoms with Gasteiger partial charge in [-0.3, -0.25) is 0 Å². The van der Waals surface area contributed by atoms with Crippen molar-refractivity contribution >= 4 is 17.3 Å². The summed E-state index contributed by atoms with van der Waals surface area (Å²) >= 11 is 0. The lowest BCUT2D eigenvalue weighted by Crippen LogP contribution is -2.13. The van der Waals surface area contributed by atoms with E-state index in [-0.39, 0.29) is 0 Å². The Kier molecular flexibility index (Phi) is 4.25. The summed E-state index contributed by atoms with van der Waals surface area (Å²) in [6.45, 7) is 2.07. The van der Waals surface area contributed by atoms with Gasteiger partial charge in [-0.05, 0) is 31.2 Å². The van der Waals surface area contributed by atoms with Gasteiger partial charge in [0.15, 0.2) is 5.82 Å². The third-order valence-electron chi connectivity index (χ3n) is 3.24. The zero-order chi connectivity index (χ0) is 15.2. The summed E-state index contributed by atoms with van der Waals surface area (Å²) in [6, 6.07) is 24.0. The monoisotopic (exact) mass is 287 g/mol. The zero-order valence-electron chi connectivity index (χ0n) is 12.4. The van der Waals surface area contributed by atoms with Gasteiger partial charge in [0, 0.05) is 17.4 Å². The third-order valence-corrected chi connectivity index (χ3v) is 3.24. The highest BCUT2D eigenvalue weighted by Crippen LogP contribution is 2.14. The maximum Gasteiger partial charge on any atom is 0.154 e. The fraction of sp³-hybridized carbons (Fsp3) is 0.0526. The van der Waals surface area contributed by atoms with Crippen molar-refractivity contribution in [2.45, 2.75) is 6.92 Å². The average molecular weight is 287 g/mol. The van der Waals surface area contributed by atoms with Gasteiger partial charge in [0.05, 0.1) is 0 Å². The molecule has 0 spiro atoms. The van der Waals surface area contributed by atoms with Crippen molar-refractivity contribution in [3.8, 4) is 0 Å². The van der Waals surface area contributed by atoms with Crippen LogP contribution < -0.4 is 5.32 Å². The van der Waals surface area contributed by atoms with Crippen LogP contribution in [0.4, 0.5) is 11.5 Å². The highest BCUT2D eigenvalue weighted by Gasteiger charge is 2.04. The summed E-state index contributed by atoms with van der Waals surface area (Å²) in [7, 11) is 0. The maximum absolute atomic E-state index is 4.64. The van der Waals surface area contributed by atoms with E-state index in [9.17, 15) is 0 Å². The third kappa shape index (κ3) is 3.58. The minimum atomic E-state index is 0.681. The molecule has 108 valence electrons. The Morgan fingerprint density at radius 3 is 2.27 bits per heavy atom. The molecule has 22 heavy (non-hydrogen) atoms. The normalized spacial score (nSPS) is 11.2. The molecule has 3 heteroatoms. The van der Waals surface area contributed by atoms with E-state index in [1.807, 2.05) is 60.7 Å². The molecule has 0 atom stereocenters. The SMILES string of the molecule is Cc1ccc(NC(=Nc2ccccn2)c2ccccc2)cc1. The van der Waals surface area contributed by atoms with Crippen LogP contribution in [0.1, 0.15) is 11.1 Å². The van der Waals surface area contributed by atoms with E-state index in [1.54, 1.807) is 6.20 Å². The Balaban J connectivity index is 1.96. The standard InChI is InChI=1S/C19H17N3/c1-15-10-12-17(13-11-15)21-19(16-7-3-2-4-8-16)22-18-9-5-6-14-20-18/h2-14H,1H3,(H,20,21,22). The fourth-order valence-corrected chi connectivity index (χ4v) is 2.07. The number of aromatic nitrogens is 1. The first kappa shape index (κ1) is 14.0. The molecule has 0 unspecified atom stereocenters. The van der Waals surface area contributed by atoms with Crippen LogP contribution >= 0.6 is 0 Å². The van der Waals surface area contributed by atoms with Crippen molar-refractivity contribution < 1.29 is 0 Å². The largest absolute Gasteiger partial charge is 0.340 e. The average Bonchev–Trinajstić information content (AvgIpc) is 2.58. The minimum Gasteiger partial charge on any atom is -0.340 e. The van der Waals surface area contributed by atoms with Crippen LogP contribution in [-0.2, 0) is 0 Å². The van der Waals surface area contributed by atoms with Gasteiger partial charge in [0.2, 0.25) is 0 Å². The zero-order valence-corrected chi connectivity index (χ0v) is 12.4. The molecule has 1 aromatic heterocycles. The number of pyridine rings is 1. The lowest BCUT2D eigenvalue weighted by Gasteiger charge is -2.10. The predicted molar refractivity (Wildman–Crippen MR) is 91.7 cm³/mol. The minimum absolute atomic E-state index is 0.681. The quantitative estimate of drug-likeness (QED) is 0.565. The van der Waals surface area contributed by atoms with Gasteiger partial charge in [-0.1, -0.05) is 54.1 Å². The molecule has 2 aromatic carbocycles. The van der Waals surface area contributed by atoms with Crippen molar-refractivity contribution in [3.63, 3.8) is 0 Å². The Labute approximate surface area is 130 Å². The molecule has 3 rings (SSSR count). The molecule has 0 saturated carbocycles. The Morgan fingerprint density at radius 2 is 1.59 bits per heavy atom.